The van der Waals surface area contributed by atoms with E-state index < -0.39 is 6.10 Å². The van der Waals surface area contributed by atoms with Gasteiger partial charge in [-0.1, -0.05) is 24.3 Å². The fourth-order valence-corrected chi connectivity index (χ4v) is 3.56. The average Bonchev–Trinajstić information content (AvgIpc) is 3.36. The Morgan fingerprint density at radius 1 is 1.30 bits per heavy atom. The van der Waals surface area contributed by atoms with Crippen LogP contribution in [0.5, 0.6) is 5.75 Å². The monoisotopic (exact) mass is 486 g/mol. The second-order valence-electron chi connectivity index (χ2n) is 6.80. The van der Waals surface area contributed by atoms with Crippen molar-refractivity contribution in [3.8, 4) is 5.75 Å². The summed E-state index contributed by atoms with van der Waals surface area (Å²) in [6.07, 6.45) is 5.03. The van der Waals surface area contributed by atoms with Gasteiger partial charge in [0.2, 0.25) is 0 Å². The molecule has 7 heteroatoms. The van der Waals surface area contributed by atoms with Gasteiger partial charge in [0.1, 0.15) is 5.75 Å². The Balaban J connectivity index is 0.00000261. The lowest BCUT2D eigenvalue weighted by molar-refractivity contribution is 0.186. The first-order valence-electron chi connectivity index (χ1n) is 9.45. The Bertz CT molecular complexity index is 627. The molecule has 1 aromatic rings. The maximum Gasteiger partial charge on any atom is 0.194 e. The highest BCUT2D eigenvalue weighted by atomic mass is 127. The number of hydrogen-bond donors (Lipinski definition) is 2. The number of nitrogens with one attached hydrogen (secondary N) is 1. The third kappa shape index (κ3) is 5.83. The summed E-state index contributed by atoms with van der Waals surface area (Å²) in [6, 6.07) is 8.09. The van der Waals surface area contributed by atoms with Crippen LogP contribution in [0, 0.1) is 0 Å². The molecule has 0 bridgehead atoms. The largest absolute Gasteiger partial charge is 0.497 e. The zero-order valence-corrected chi connectivity index (χ0v) is 18.5. The highest BCUT2D eigenvalue weighted by Gasteiger charge is 2.29. The number of aliphatic hydroxyl groups excluding tert-OH is 1. The molecule has 2 heterocycles. The molecule has 0 aromatic heterocycles. The van der Waals surface area contributed by atoms with Crippen LogP contribution in [0.4, 0.5) is 0 Å². The number of ether oxygens (including phenoxy) is 1. The Kier molecular flexibility index (Phi) is 8.85. The maximum absolute atomic E-state index is 10.5. The van der Waals surface area contributed by atoms with Crippen LogP contribution in [0.15, 0.2) is 41.4 Å². The number of likely N-dealkylation sites (tertiary alicyclic amines) is 1. The molecule has 0 aliphatic carbocycles. The number of nitrogens with zero attached hydrogens (tertiary/aromatic N) is 3. The van der Waals surface area contributed by atoms with Crippen LogP contribution < -0.4 is 10.1 Å². The third-order valence-corrected chi connectivity index (χ3v) is 5.08. The number of aliphatic hydroxyl groups is 1. The fourth-order valence-electron chi connectivity index (χ4n) is 3.56. The number of halogens is 1. The van der Waals surface area contributed by atoms with Gasteiger partial charge in [0.05, 0.1) is 19.8 Å². The molecule has 150 valence electrons. The number of aliphatic imine (C=N–C) groups is 1. The third-order valence-electron chi connectivity index (χ3n) is 5.08. The predicted octanol–water partition coefficient (Wildman–Crippen LogP) is 2.26. The molecule has 1 saturated heterocycles. The Hall–Kier alpha value is -1.32. The summed E-state index contributed by atoms with van der Waals surface area (Å²) >= 11 is 0. The van der Waals surface area contributed by atoms with Crippen LogP contribution in [0.1, 0.15) is 25.0 Å². The van der Waals surface area contributed by atoms with Gasteiger partial charge in [-0.05, 0) is 31.0 Å². The van der Waals surface area contributed by atoms with Gasteiger partial charge >= 0.3 is 0 Å². The normalized spacial score (nSPS) is 21.2. The highest BCUT2D eigenvalue weighted by Crippen LogP contribution is 2.20. The summed E-state index contributed by atoms with van der Waals surface area (Å²) < 4.78 is 5.16. The molecule has 0 saturated carbocycles. The van der Waals surface area contributed by atoms with E-state index in [-0.39, 0.29) is 24.0 Å². The van der Waals surface area contributed by atoms with Gasteiger partial charge in [-0.2, -0.15) is 0 Å². The molecule has 3 rings (SSSR count). The summed E-state index contributed by atoms with van der Waals surface area (Å²) in [4.78, 5) is 9.51. The molecular weight excluding hydrogens is 455 g/mol. The van der Waals surface area contributed by atoms with Crippen molar-refractivity contribution in [2.24, 2.45) is 4.99 Å². The van der Waals surface area contributed by atoms with Crippen LogP contribution in [0.25, 0.3) is 0 Å². The zero-order valence-electron chi connectivity index (χ0n) is 16.2. The SMILES string of the molecule is CCNC(=NCC(O)c1ccc(OC)cc1)N1CCC(N2CC=CC2)C1.I. The molecule has 2 atom stereocenters. The van der Waals surface area contributed by atoms with Crippen molar-refractivity contribution < 1.29 is 9.84 Å². The van der Waals surface area contributed by atoms with Gasteiger partial charge in [0.25, 0.3) is 0 Å². The van der Waals surface area contributed by atoms with E-state index in [9.17, 15) is 5.11 Å². The van der Waals surface area contributed by atoms with Crippen molar-refractivity contribution in [1.82, 2.24) is 15.1 Å². The average molecular weight is 486 g/mol. The van der Waals surface area contributed by atoms with Gasteiger partial charge in [0.15, 0.2) is 5.96 Å². The number of guanidine groups is 1. The van der Waals surface area contributed by atoms with Gasteiger partial charge < -0.3 is 20.1 Å². The Labute approximate surface area is 179 Å². The van der Waals surface area contributed by atoms with Gasteiger partial charge in [-0.25, -0.2) is 0 Å². The number of methoxy groups -OCH3 is 1. The minimum Gasteiger partial charge on any atom is -0.497 e. The Morgan fingerprint density at radius 3 is 2.63 bits per heavy atom. The minimum atomic E-state index is -0.615. The van der Waals surface area contributed by atoms with E-state index in [0.29, 0.717) is 12.6 Å². The Morgan fingerprint density at radius 2 is 2.00 bits per heavy atom. The first-order valence-corrected chi connectivity index (χ1v) is 9.45. The minimum absolute atomic E-state index is 0. The van der Waals surface area contributed by atoms with E-state index in [1.54, 1.807) is 7.11 Å². The molecule has 0 radical (unpaired) electrons. The summed E-state index contributed by atoms with van der Waals surface area (Å²) in [5, 5.41) is 13.8. The fraction of sp³-hybridized carbons (Fsp3) is 0.550. The summed E-state index contributed by atoms with van der Waals surface area (Å²) in [7, 11) is 1.64. The second kappa shape index (κ2) is 10.9. The van der Waals surface area contributed by atoms with Crippen molar-refractivity contribution in [2.75, 3.05) is 46.4 Å². The molecule has 2 N–H and O–H groups in total. The lowest BCUT2D eigenvalue weighted by atomic mass is 10.1. The van der Waals surface area contributed by atoms with Gasteiger partial charge in [-0.15, -0.1) is 24.0 Å². The molecule has 27 heavy (non-hydrogen) atoms. The zero-order chi connectivity index (χ0) is 18.4. The van der Waals surface area contributed by atoms with Crippen molar-refractivity contribution in [1.29, 1.82) is 0 Å². The molecule has 6 nitrogen and oxygen atoms in total. The maximum atomic E-state index is 10.5. The smallest absolute Gasteiger partial charge is 0.194 e. The van der Waals surface area contributed by atoms with Crippen LogP contribution in [0.3, 0.4) is 0 Å². The van der Waals surface area contributed by atoms with Crippen molar-refractivity contribution in [3.05, 3.63) is 42.0 Å². The quantitative estimate of drug-likeness (QED) is 0.280. The van der Waals surface area contributed by atoms with Gasteiger partial charge in [0, 0.05) is 38.8 Å². The lowest BCUT2D eigenvalue weighted by Gasteiger charge is -2.25. The molecule has 1 aromatic carbocycles. The molecule has 2 aliphatic rings. The predicted molar refractivity (Wildman–Crippen MR) is 120 cm³/mol. The van der Waals surface area contributed by atoms with Crippen LogP contribution >= 0.6 is 24.0 Å². The summed E-state index contributed by atoms with van der Waals surface area (Å²) in [6.45, 7) is 7.36. The molecule has 0 spiro atoms. The van der Waals surface area contributed by atoms with E-state index in [1.165, 1.54) is 0 Å². The molecule has 1 fully saturated rings. The van der Waals surface area contributed by atoms with E-state index in [1.807, 2.05) is 24.3 Å². The van der Waals surface area contributed by atoms with Crippen LogP contribution in [0.2, 0.25) is 0 Å². The van der Waals surface area contributed by atoms with Crippen LogP contribution in [-0.2, 0) is 0 Å². The number of benzene rings is 1. The topological polar surface area (TPSA) is 60.3 Å². The second-order valence-corrected chi connectivity index (χ2v) is 6.80. The van der Waals surface area contributed by atoms with E-state index in [4.69, 9.17) is 9.73 Å². The molecular formula is C20H31IN4O2. The van der Waals surface area contributed by atoms with Crippen molar-refractivity contribution in [2.45, 2.75) is 25.5 Å². The molecule has 2 aliphatic heterocycles. The summed E-state index contributed by atoms with van der Waals surface area (Å²) in [5.74, 6) is 1.69. The first-order chi connectivity index (χ1) is 12.7. The number of hydrogen-bond acceptors (Lipinski definition) is 4. The number of rotatable bonds is 6. The van der Waals surface area contributed by atoms with E-state index in [0.717, 1.165) is 56.4 Å². The summed E-state index contributed by atoms with van der Waals surface area (Å²) in [5.41, 5.74) is 0.854. The highest BCUT2D eigenvalue weighted by molar-refractivity contribution is 14.0. The molecule has 0 amide bonds. The van der Waals surface area contributed by atoms with E-state index >= 15 is 0 Å². The lowest BCUT2D eigenvalue weighted by Crippen LogP contribution is -2.43. The van der Waals surface area contributed by atoms with E-state index in [2.05, 4.69) is 34.2 Å². The first kappa shape index (κ1) is 22.0. The van der Waals surface area contributed by atoms with Crippen molar-refractivity contribution >= 4 is 29.9 Å². The van der Waals surface area contributed by atoms with Crippen LogP contribution in [-0.4, -0.2) is 73.3 Å². The van der Waals surface area contributed by atoms with Gasteiger partial charge in [-0.3, -0.25) is 9.89 Å². The van der Waals surface area contributed by atoms with Crippen molar-refractivity contribution in [3.63, 3.8) is 0 Å². The standard InChI is InChI=1S/C20H30N4O2.HI/c1-3-21-20(24-13-10-17(15-24)23-11-4-5-12-23)22-14-19(25)16-6-8-18(26-2)9-7-16;/h4-9,17,19,25H,3,10-15H2,1-2H3,(H,21,22);1H. The molecule has 2 unspecified atom stereocenters.